The van der Waals surface area contributed by atoms with Gasteiger partial charge in [-0.3, -0.25) is 4.90 Å². The molecule has 1 N–H and O–H groups in total. The first kappa shape index (κ1) is 19.4. The highest BCUT2D eigenvalue weighted by molar-refractivity contribution is 5.83. The van der Waals surface area contributed by atoms with E-state index in [2.05, 4.69) is 55.2 Å². The summed E-state index contributed by atoms with van der Waals surface area (Å²) in [5.74, 6) is 1.64. The van der Waals surface area contributed by atoms with Gasteiger partial charge in [0.1, 0.15) is 6.10 Å². The molecular weight excluding hydrogens is 374 g/mol. The molecule has 6 nitrogen and oxygen atoms in total. The van der Waals surface area contributed by atoms with Crippen molar-refractivity contribution in [3.63, 3.8) is 0 Å². The summed E-state index contributed by atoms with van der Waals surface area (Å²) in [4.78, 5) is 17.4. The minimum atomic E-state index is 0.298. The molecule has 1 aromatic carbocycles. The van der Waals surface area contributed by atoms with Crippen LogP contribution in [0.1, 0.15) is 37.7 Å². The summed E-state index contributed by atoms with van der Waals surface area (Å²) in [6.45, 7) is 5.10. The molecule has 0 spiro atoms. The van der Waals surface area contributed by atoms with Gasteiger partial charge >= 0.3 is 0 Å². The summed E-state index contributed by atoms with van der Waals surface area (Å²) in [5, 5.41) is 1.35. The Hall–Kier alpha value is -2.60. The first-order valence-corrected chi connectivity index (χ1v) is 11.4. The van der Waals surface area contributed by atoms with Crippen LogP contribution >= 0.6 is 0 Å². The van der Waals surface area contributed by atoms with Crippen molar-refractivity contribution in [2.75, 3.05) is 37.6 Å². The molecule has 1 saturated heterocycles. The zero-order chi connectivity index (χ0) is 20.2. The van der Waals surface area contributed by atoms with Crippen molar-refractivity contribution in [1.29, 1.82) is 0 Å². The molecule has 2 fully saturated rings. The Morgan fingerprint density at radius 2 is 1.77 bits per heavy atom. The lowest BCUT2D eigenvalue weighted by Gasteiger charge is -2.36. The van der Waals surface area contributed by atoms with Crippen molar-refractivity contribution >= 4 is 16.7 Å². The number of ether oxygens (including phenoxy) is 1. The van der Waals surface area contributed by atoms with Gasteiger partial charge in [-0.15, -0.1) is 0 Å². The first-order valence-electron chi connectivity index (χ1n) is 11.4. The third kappa shape index (κ3) is 4.29. The lowest BCUT2D eigenvalue weighted by atomic mass is 9.98. The first-order chi connectivity index (χ1) is 14.9. The average Bonchev–Trinajstić information content (AvgIpc) is 3.22. The summed E-state index contributed by atoms with van der Waals surface area (Å²) in [5.41, 5.74) is 2.63. The van der Waals surface area contributed by atoms with E-state index in [9.17, 15) is 0 Å². The molecule has 0 bridgehead atoms. The van der Waals surface area contributed by atoms with Crippen LogP contribution in [0.15, 0.2) is 42.9 Å². The number of H-pyrrole nitrogens is 1. The third-order valence-electron chi connectivity index (χ3n) is 6.52. The third-order valence-corrected chi connectivity index (χ3v) is 6.52. The van der Waals surface area contributed by atoms with E-state index in [1.807, 2.05) is 0 Å². The molecule has 0 atom stereocenters. The quantitative estimate of drug-likeness (QED) is 0.671. The normalized spacial score (nSPS) is 18.7. The van der Waals surface area contributed by atoms with Gasteiger partial charge in [0.2, 0.25) is 0 Å². The minimum Gasteiger partial charge on any atom is -0.472 e. The Bertz CT molecular complexity index is 957. The lowest BCUT2D eigenvalue weighted by molar-refractivity contribution is 0.148. The van der Waals surface area contributed by atoms with E-state index in [0.717, 1.165) is 63.7 Å². The van der Waals surface area contributed by atoms with Crippen LogP contribution in [-0.4, -0.2) is 58.7 Å². The SMILES string of the molecule is c1ccc2c(CCN3CCN(c4nccnc4OC4CCCCC4)CC3)c[nH]c2c1. The van der Waals surface area contributed by atoms with Crippen molar-refractivity contribution in [1.82, 2.24) is 19.9 Å². The number of aromatic nitrogens is 3. The van der Waals surface area contributed by atoms with Crippen LogP contribution in [-0.2, 0) is 6.42 Å². The van der Waals surface area contributed by atoms with Crippen molar-refractivity contribution in [2.45, 2.75) is 44.6 Å². The van der Waals surface area contributed by atoms with Crippen LogP contribution in [0, 0.1) is 0 Å². The Morgan fingerprint density at radius 1 is 0.967 bits per heavy atom. The van der Waals surface area contributed by atoms with E-state index in [0.29, 0.717) is 6.10 Å². The molecule has 1 aliphatic heterocycles. The van der Waals surface area contributed by atoms with Crippen LogP contribution in [0.3, 0.4) is 0 Å². The number of hydrogen-bond donors (Lipinski definition) is 1. The average molecular weight is 406 g/mol. The fraction of sp³-hybridized carbons (Fsp3) is 0.500. The maximum absolute atomic E-state index is 6.27. The molecule has 1 saturated carbocycles. The molecule has 2 aliphatic rings. The van der Waals surface area contributed by atoms with Crippen LogP contribution in [0.4, 0.5) is 5.82 Å². The van der Waals surface area contributed by atoms with Crippen LogP contribution < -0.4 is 9.64 Å². The smallest absolute Gasteiger partial charge is 0.257 e. The van der Waals surface area contributed by atoms with Gasteiger partial charge in [0, 0.05) is 62.2 Å². The fourth-order valence-corrected chi connectivity index (χ4v) is 4.76. The maximum Gasteiger partial charge on any atom is 0.257 e. The number of para-hydroxylation sites is 1. The predicted octanol–water partition coefficient (Wildman–Crippen LogP) is 4.03. The van der Waals surface area contributed by atoms with Crippen LogP contribution in [0.5, 0.6) is 5.88 Å². The zero-order valence-electron chi connectivity index (χ0n) is 17.6. The summed E-state index contributed by atoms with van der Waals surface area (Å²) in [6.07, 6.45) is 13.2. The van der Waals surface area contributed by atoms with Crippen LogP contribution in [0.25, 0.3) is 10.9 Å². The number of piperazine rings is 1. The number of benzene rings is 1. The summed E-state index contributed by atoms with van der Waals surface area (Å²) in [6, 6.07) is 8.55. The second-order valence-corrected chi connectivity index (χ2v) is 8.50. The minimum absolute atomic E-state index is 0.298. The van der Waals surface area contributed by atoms with Crippen molar-refractivity contribution in [2.24, 2.45) is 0 Å². The number of nitrogens with zero attached hydrogens (tertiary/aromatic N) is 4. The Morgan fingerprint density at radius 3 is 2.63 bits per heavy atom. The highest BCUT2D eigenvalue weighted by atomic mass is 16.5. The van der Waals surface area contributed by atoms with Gasteiger partial charge in [-0.05, 0) is 43.7 Å². The number of aromatic amines is 1. The largest absolute Gasteiger partial charge is 0.472 e. The molecule has 6 heteroatoms. The molecule has 0 amide bonds. The topological polar surface area (TPSA) is 57.3 Å². The summed E-state index contributed by atoms with van der Waals surface area (Å²) in [7, 11) is 0. The number of rotatable bonds is 6. The van der Waals surface area contributed by atoms with Gasteiger partial charge in [0.25, 0.3) is 5.88 Å². The number of hydrogen-bond acceptors (Lipinski definition) is 5. The molecule has 0 radical (unpaired) electrons. The van der Waals surface area contributed by atoms with E-state index in [1.165, 1.54) is 35.7 Å². The summed E-state index contributed by atoms with van der Waals surface area (Å²) < 4.78 is 6.27. The molecular formula is C24H31N5O. The molecule has 2 aromatic heterocycles. The van der Waals surface area contributed by atoms with Gasteiger partial charge in [-0.1, -0.05) is 24.6 Å². The molecule has 30 heavy (non-hydrogen) atoms. The van der Waals surface area contributed by atoms with Gasteiger partial charge < -0.3 is 14.6 Å². The molecule has 5 rings (SSSR count). The maximum atomic E-state index is 6.27. The molecule has 1 aliphatic carbocycles. The second-order valence-electron chi connectivity index (χ2n) is 8.50. The van der Waals surface area contributed by atoms with E-state index >= 15 is 0 Å². The highest BCUT2D eigenvalue weighted by Crippen LogP contribution is 2.28. The van der Waals surface area contributed by atoms with E-state index < -0.39 is 0 Å². The van der Waals surface area contributed by atoms with Gasteiger partial charge in [-0.25, -0.2) is 9.97 Å². The van der Waals surface area contributed by atoms with Gasteiger partial charge in [0.05, 0.1) is 0 Å². The Kier molecular flexibility index (Phi) is 5.84. The molecule has 158 valence electrons. The number of fused-ring (bicyclic) bond motifs is 1. The van der Waals surface area contributed by atoms with Gasteiger partial charge in [-0.2, -0.15) is 0 Å². The highest BCUT2D eigenvalue weighted by Gasteiger charge is 2.24. The van der Waals surface area contributed by atoms with E-state index in [-0.39, 0.29) is 0 Å². The summed E-state index contributed by atoms with van der Waals surface area (Å²) >= 11 is 0. The van der Waals surface area contributed by atoms with Crippen LogP contribution in [0.2, 0.25) is 0 Å². The number of nitrogens with one attached hydrogen (secondary N) is 1. The monoisotopic (exact) mass is 405 g/mol. The Labute approximate surface area is 178 Å². The standard InChI is InChI=1S/C24H31N5O/c1-2-6-20(7-3-1)30-24-23(25-11-12-26-24)29-16-14-28(15-17-29)13-10-19-18-27-22-9-5-4-8-21(19)22/h4-5,8-9,11-12,18,20,27H,1-3,6-7,10,13-17H2. The van der Waals surface area contributed by atoms with Gasteiger partial charge in [0.15, 0.2) is 5.82 Å². The predicted molar refractivity (Wildman–Crippen MR) is 120 cm³/mol. The zero-order valence-corrected chi connectivity index (χ0v) is 17.6. The molecule has 3 aromatic rings. The fourth-order valence-electron chi connectivity index (χ4n) is 4.76. The molecule has 3 heterocycles. The van der Waals surface area contributed by atoms with Crippen molar-refractivity contribution in [3.8, 4) is 5.88 Å². The van der Waals surface area contributed by atoms with E-state index in [4.69, 9.17) is 4.74 Å². The Balaban J connectivity index is 1.17. The number of anilines is 1. The van der Waals surface area contributed by atoms with Crippen molar-refractivity contribution in [3.05, 3.63) is 48.4 Å². The molecule has 0 unspecified atom stereocenters. The second kappa shape index (κ2) is 9.04. The van der Waals surface area contributed by atoms with E-state index in [1.54, 1.807) is 12.4 Å². The lowest BCUT2D eigenvalue weighted by Crippen LogP contribution is -2.47. The van der Waals surface area contributed by atoms with Crippen molar-refractivity contribution < 1.29 is 4.74 Å².